The molecule has 2 aromatic rings. The molecule has 0 aliphatic carbocycles. The number of alkyl halides is 3. The molecule has 0 saturated carbocycles. The minimum absolute atomic E-state index is 0.208. The van der Waals surface area contributed by atoms with Crippen LogP contribution in [0.1, 0.15) is 24.5 Å². The molecule has 1 aromatic heterocycles. The fourth-order valence-corrected chi connectivity index (χ4v) is 1.90. The monoisotopic (exact) mass is 353 g/mol. The molecule has 0 aliphatic rings. The highest BCUT2D eigenvalue weighted by Gasteiger charge is 2.30. The topological polar surface area (TPSA) is 55.7 Å². The van der Waals surface area contributed by atoms with Crippen LogP contribution in [0.5, 0.6) is 11.5 Å². The van der Waals surface area contributed by atoms with Crippen LogP contribution in [0.15, 0.2) is 41.6 Å². The highest BCUT2D eigenvalue weighted by Crippen LogP contribution is 2.29. The number of halogens is 3. The zero-order valence-electron chi connectivity index (χ0n) is 13.8. The summed E-state index contributed by atoms with van der Waals surface area (Å²) in [5.74, 6) is 1.42. The Morgan fingerprint density at radius 3 is 2.60 bits per heavy atom. The number of nitrogens with one attached hydrogen (secondary N) is 1. The maximum absolute atomic E-state index is 12.5. The third-order valence-corrected chi connectivity index (χ3v) is 3.13. The van der Waals surface area contributed by atoms with Gasteiger partial charge in [-0.25, -0.2) is 4.98 Å². The van der Waals surface area contributed by atoms with E-state index in [-0.39, 0.29) is 5.82 Å². The molecule has 2 rings (SSSR count). The first kappa shape index (κ1) is 18.6. The summed E-state index contributed by atoms with van der Waals surface area (Å²) in [5, 5.41) is 3.96. The normalized spacial score (nSPS) is 11.6. The van der Waals surface area contributed by atoms with E-state index in [0.717, 1.165) is 24.2 Å². The lowest BCUT2D eigenvalue weighted by atomic mass is 10.2. The second kappa shape index (κ2) is 8.36. The molecule has 0 fully saturated rings. The van der Waals surface area contributed by atoms with Gasteiger partial charge in [-0.3, -0.25) is 5.43 Å². The fraction of sp³-hybridized carbons (Fsp3) is 0.294. The van der Waals surface area contributed by atoms with Crippen LogP contribution in [0, 0.1) is 0 Å². The third-order valence-electron chi connectivity index (χ3n) is 3.13. The number of anilines is 1. The van der Waals surface area contributed by atoms with Crippen LogP contribution < -0.4 is 14.9 Å². The molecular weight excluding hydrogens is 335 g/mol. The van der Waals surface area contributed by atoms with Crippen LogP contribution >= 0.6 is 0 Å². The third kappa shape index (κ3) is 5.37. The van der Waals surface area contributed by atoms with E-state index in [0.29, 0.717) is 18.1 Å². The molecule has 5 nitrogen and oxygen atoms in total. The number of pyridine rings is 1. The summed E-state index contributed by atoms with van der Waals surface area (Å²) in [5.41, 5.74) is 2.50. The Bertz CT molecular complexity index is 716. The quantitative estimate of drug-likeness (QED) is 0.594. The maximum Gasteiger partial charge on any atom is 0.417 e. The van der Waals surface area contributed by atoms with Crippen molar-refractivity contribution in [2.24, 2.45) is 5.10 Å². The van der Waals surface area contributed by atoms with Gasteiger partial charge in [-0.05, 0) is 42.3 Å². The number of methoxy groups -OCH3 is 1. The Morgan fingerprint density at radius 2 is 2.00 bits per heavy atom. The molecule has 1 N–H and O–H groups in total. The predicted octanol–water partition coefficient (Wildman–Crippen LogP) is 4.34. The van der Waals surface area contributed by atoms with Crippen molar-refractivity contribution in [3.05, 3.63) is 47.7 Å². The number of rotatable bonds is 7. The molecule has 134 valence electrons. The smallest absolute Gasteiger partial charge is 0.417 e. The number of ether oxygens (including phenoxy) is 2. The number of hydrogen-bond acceptors (Lipinski definition) is 5. The molecule has 8 heteroatoms. The Balaban J connectivity index is 2.02. The van der Waals surface area contributed by atoms with Crippen LogP contribution in [0.4, 0.5) is 19.0 Å². The first-order chi connectivity index (χ1) is 11.9. The fourth-order valence-electron chi connectivity index (χ4n) is 1.90. The van der Waals surface area contributed by atoms with Crippen LogP contribution in [-0.2, 0) is 6.18 Å². The van der Waals surface area contributed by atoms with Gasteiger partial charge in [-0.1, -0.05) is 6.92 Å². The molecular formula is C17H18F3N3O2. The van der Waals surface area contributed by atoms with Crippen LogP contribution in [0.3, 0.4) is 0 Å². The number of benzene rings is 1. The molecule has 0 aliphatic heterocycles. The Kier molecular flexibility index (Phi) is 6.21. The minimum atomic E-state index is -4.41. The van der Waals surface area contributed by atoms with Crippen molar-refractivity contribution in [3.8, 4) is 11.5 Å². The summed E-state index contributed by atoms with van der Waals surface area (Å²) in [6, 6.07) is 7.46. The number of hydrazone groups is 1. The zero-order valence-corrected chi connectivity index (χ0v) is 13.8. The Morgan fingerprint density at radius 1 is 1.20 bits per heavy atom. The van der Waals surface area contributed by atoms with Crippen molar-refractivity contribution in [2.45, 2.75) is 19.5 Å². The summed E-state index contributed by atoms with van der Waals surface area (Å²) in [6.07, 6.45) is -1.27. The zero-order chi connectivity index (χ0) is 18.3. The average molecular weight is 353 g/mol. The van der Waals surface area contributed by atoms with Gasteiger partial charge >= 0.3 is 6.18 Å². The van der Waals surface area contributed by atoms with Crippen molar-refractivity contribution in [2.75, 3.05) is 19.1 Å². The van der Waals surface area contributed by atoms with Gasteiger partial charge in [0.2, 0.25) is 0 Å². The van der Waals surface area contributed by atoms with E-state index in [9.17, 15) is 13.2 Å². The van der Waals surface area contributed by atoms with Crippen LogP contribution in [-0.4, -0.2) is 24.9 Å². The van der Waals surface area contributed by atoms with Gasteiger partial charge in [0.1, 0.15) is 5.82 Å². The van der Waals surface area contributed by atoms with Gasteiger partial charge in [-0.15, -0.1) is 0 Å². The lowest BCUT2D eigenvalue weighted by Crippen LogP contribution is -2.05. The number of hydrogen-bond donors (Lipinski definition) is 1. The van der Waals surface area contributed by atoms with Crippen molar-refractivity contribution >= 4 is 12.0 Å². The van der Waals surface area contributed by atoms with Gasteiger partial charge < -0.3 is 9.47 Å². The lowest BCUT2D eigenvalue weighted by Gasteiger charge is -2.10. The van der Waals surface area contributed by atoms with E-state index in [1.54, 1.807) is 25.3 Å². The van der Waals surface area contributed by atoms with Crippen LogP contribution in [0.2, 0.25) is 0 Å². The van der Waals surface area contributed by atoms with E-state index < -0.39 is 11.7 Å². The summed E-state index contributed by atoms with van der Waals surface area (Å²) >= 11 is 0. The number of aromatic nitrogens is 1. The molecule has 0 atom stereocenters. The largest absolute Gasteiger partial charge is 0.493 e. The summed E-state index contributed by atoms with van der Waals surface area (Å²) in [7, 11) is 1.54. The maximum atomic E-state index is 12.5. The van der Waals surface area contributed by atoms with E-state index in [1.807, 2.05) is 6.92 Å². The van der Waals surface area contributed by atoms with Gasteiger partial charge in [0.15, 0.2) is 11.5 Å². The van der Waals surface area contributed by atoms with Gasteiger partial charge in [0.25, 0.3) is 0 Å². The molecule has 0 radical (unpaired) electrons. The Labute approximate surface area is 143 Å². The van der Waals surface area contributed by atoms with Gasteiger partial charge in [0.05, 0.1) is 25.5 Å². The molecule has 0 unspecified atom stereocenters. The first-order valence-corrected chi connectivity index (χ1v) is 7.57. The second-order valence-corrected chi connectivity index (χ2v) is 5.06. The van der Waals surface area contributed by atoms with Crippen molar-refractivity contribution in [1.29, 1.82) is 0 Å². The van der Waals surface area contributed by atoms with E-state index in [4.69, 9.17) is 9.47 Å². The molecule has 1 aromatic carbocycles. The van der Waals surface area contributed by atoms with Crippen LogP contribution in [0.25, 0.3) is 0 Å². The van der Waals surface area contributed by atoms with Gasteiger partial charge in [0, 0.05) is 6.20 Å². The highest BCUT2D eigenvalue weighted by molar-refractivity contribution is 5.81. The molecule has 0 spiro atoms. The predicted molar refractivity (Wildman–Crippen MR) is 89.2 cm³/mol. The van der Waals surface area contributed by atoms with E-state index in [1.165, 1.54) is 12.3 Å². The Hall–Kier alpha value is -2.77. The number of nitrogens with zero attached hydrogens (tertiary/aromatic N) is 2. The molecule has 0 bridgehead atoms. The summed E-state index contributed by atoms with van der Waals surface area (Å²) in [6.45, 7) is 2.60. The van der Waals surface area contributed by atoms with E-state index >= 15 is 0 Å². The average Bonchev–Trinajstić information content (AvgIpc) is 2.60. The van der Waals surface area contributed by atoms with Crippen molar-refractivity contribution in [3.63, 3.8) is 0 Å². The summed E-state index contributed by atoms with van der Waals surface area (Å²) < 4.78 is 48.2. The van der Waals surface area contributed by atoms with E-state index in [2.05, 4.69) is 15.5 Å². The molecule has 25 heavy (non-hydrogen) atoms. The lowest BCUT2D eigenvalue weighted by molar-refractivity contribution is -0.137. The molecule has 1 heterocycles. The highest BCUT2D eigenvalue weighted by atomic mass is 19.4. The SMILES string of the molecule is CCCOc1ccc(/C=N\Nc2ccc(C(F)(F)F)cn2)cc1OC. The minimum Gasteiger partial charge on any atom is -0.493 e. The summed E-state index contributed by atoms with van der Waals surface area (Å²) in [4.78, 5) is 3.67. The molecule has 0 amide bonds. The molecule has 0 saturated heterocycles. The van der Waals surface area contributed by atoms with Gasteiger partial charge in [-0.2, -0.15) is 18.3 Å². The second-order valence-electron chi connectivity index (χ2n) is 5.06. The first-order valence-electron chi connectivity index (χ1n) is 7.57. The standard InChI is InChI=1S/C17H18F3N3O2/c1-3-8-25-14-6-4-12(9-15(14)24-2)10-22-23-16-7-5-13(11-21-16)17(18,19)20/h4-7,9-11H,3,8H2,1-2H3,(H,21,23)/b22-10-. The van der Waals surface area contributed by atoms with Crippen molar-refractivity contribution in [1.82, 2.24) is 4.98 Å². The van der Waals surface area contributed by atoms with Crippen molar-refractivity contribution < 1.29 is 22.6 Å².